The van der Waals surface area contributed by atoms with Crippen LogP contribution < -0.4 is 5.32 Å². The van der Waals surface area contributed by atoms with Crippen molar-refractivity contribution in [3.8, 4) is 0 Å². The lowest BCUT2D eigenvalue weighted by atomic mass is 10.4. The second kappa shape index (κ2) is 7.11. The number of aliphatic hydroxyl groups is 1. The fourth-order valence-corrected chi connectivity index (χ4v) is 2.57. The number of halogens is 2. The van der Waals surface area contributed by atoms with Crippen LogP contribution in [0.5, 0.6) is 0 Å². The fraction of sp³-hybridized carbons (Fsp3) is 0.364. The monoisotopic (exact) mass is 293 g/mol. The number of amides is 1. The van der Waals surface area contributed by atoms with E-state index in [4.69, 9.17) is 28.3 Å². The molecule has 1 amide bonds. The number of nitrogens with one attached hydrogen (secondary N) is 1. The number of hydrogen-bond acceptors (Lipinski definition) is 3. The minimum absolute atomic E-state index is 0.0684. The summed E-state index contributed by atoms with van der Waals surface area (Å²) in [5.74, 6) is -0.139. The first-order valence-corrected chi connectivity index (χ1v) is 6.68. The molecule has 1 rings (SSSR count). The van der Waals surface area contributed by atoms with Crippen molar-refractivity contribution in [3.05, 3.63) is 28.2 Å². The van der Waals surface area contributed by atoms with Gasteiger partial charge in [-0.15, -0.1) is 11.8 Å². The van der Waals surface area contributed by atoms with Gasteiger partial charge in [0.2, 0.25) is 5.91 Å². The average molecular weight is 294 g/mol. The Morgan fingerprint density at radius 3 is 2.88 bits per heavy atom. The number of hydrogen-bond donors (Lipinski definition) is 2. The molecule has 0 aliphatic heterocycles. The van der Waals surface area contributed by atoms with E-state index in [-0.39, 0.29) is 24.3 Å². The molecule has 6 heteroatoms. The number of carbonyl (C=O) groups excluding carboxylic acids is 1. The molecule has 0 heterocycles. The Morgan fingerprint density at radius 2 is 2.24 bits per heavy atom. The maximum Gasteiger partial charge on any atom is 0.233 e. The first-order chi connectivity index (χ1) is 8.04. The molecule has 0 aromatic heterocycles. The van der Waals surface area contributed by atoms with Crippen molar-refractivity contribution in [3.63, 3.8) is 0 Å². The summed E-state index contributed by atoms with van der Waals surface area (Å²) in [5, 5.41) is 12.1. The van der Waals surface area contributed by atoms with Crippen LogP contribution in [0.3, 0.4) is 0 Å². The molecule has 1 aromatic carbocycles. The van der Waals surface area contributed by atoms with E-state index in [9.17, 15) is 4.79 Å². The quantitative estimate of drug-likeness (QED) is 0.821. The maximum absolute atomic E-state index is 11.6. The molecule has 0 aliphatic carbocycles. The number of benzene rings is 1. The largest absolute Gasteiger partial charge is 0.395 e. The standard InChI is InChI=1S/C11H13Cl2NO2S/c1-7(11(16)14-4-5-15)17-10-6-8(12)2-3-9(10)13/h2-3,6-7,15H,4-5H2,1H3,(H,14,16)/t7-/m0/s1. The first kappa shape index (κ1) is 14.6. The molecule has 17 heavy (non-hydrogen) atoms. The molecular formula is C11H13Cl2NO2S. The van der Waals surface area contributed by atoms with Crippen LogP contribution in [0.1, 0.15) is 6.92 Å². The van der Waals surface area contributed by atoms with Crippen LogP contribution in [0.25, 0.3) is 0 Å². The van der Waals surface area contributed by atoms with E-state index in [1.165, 1.54) is 11.8 Å². The van der Waals surface area contributed by atoms with Crippen molar-refractivity contribution in [2.75, 3.05) is 13.2 Å². The zero-order valence-electron chi connectivity index (χ0n) is 9.24. The van der Waals surface area contributed by atoms with E-state index in [1.54, 1.807) is 25.1 Å². The zero-order chi connectivity index (χ0) is 12.8. The Bertz CT molecular complexity index is 401. The van der Waals surface area contributed by atoms with Crippen LogP contribution in [0.15, 0.2) is 23.1 Å². The van der Waals surface area contributed by atoms with Crippen molar-refractivity contribution in [1.82, 2.24) is 5.32 Å². The Morgan fingerprint density at radius 1 is 1.53 bits per heavy atom. The summed E-state index contributed by atoms with van der Waals surface area (Å²) in [7, 11) is 0. The smallest absolute Gasteiger partial charge is 0.233 e. The second-order valence-corrected chi connectivity index (χ2v) is 5.58. The van der Waals surface area contributed by atoms with E-state index in [0.29, 0.717) is 10.0 Å². The summed E-state index contributed by atoms with van der Waals surface area (Å²) in [5.41, 5.74) is 0. The van der Waals surface area contributed by atoms with E-state index in [0.717, 1.165) is 4.90 Å². The van der Waals surface area contributed by atoms with Gasteiger partial charge in [-0.2, -0.15) is 0 Å². The number of thioether (sulfide) groups is 1. The number of carbonyl (C=O) groups is 1. The molecule has 0 aliphatic rings. The zero-order valence-corrected chi connectivity index (χ0v) is 11.6. The molecule has 0 bridgehead atoms. The highest BCUT2D eigenvalue weighted by atomic mass is 35.5. The lowest BCUT2D eigenvalue weighted by Crippen LogP contribution is -2.32. The third-order valence-electron chi connectivity index (χ3n) is 1.98. The number of aliphatic hydroxyl groups excluding tert-OH is 1. The van der Waals surface area contributed by atoms with E-state index in [2.05, 4.69) is 5.32 Å². The molecule has 3 nitrogen and oxygen atoms in total. The van der Waals surface area contributed by atoms with Crippen molar-refractivity contribution in [2.24, 2.45) is 0 Å². The van der Waals surface area contributed by atoms with Gasteiger partial charge < -0.3 is 10.4 Å². The van der Waals surface area contributed by atoms with Gasteiger partial charge in [-0.3, -0.25) is 4.79 Å². The molecular weight excluding hydrogens is 281 g/mol. The second-order valence-electron chi connectivity index (χ2n) is 3.35. The highest BCUT2D eigenvalue weighted by Gasteiger charge is 2.15. The minimum atomic E-state index is -0.294. The Balaban J connectivity index is 2.64. The highest BCUT2D eigenvalue weighted by Crippen LogP contribution is 2.32. The lowest BCUT2D eigenvalue weighted by molar-refractivity contribution is -0.120. The number of rotatable bonds is 5. The molecule has 2 N–H and O–H groups in total. The Hall–Kier alpha value is -0.420. The molecule has 1 atom stereocenters. The van der Waals surface area contributed by atoms with E-state index >= 15 is 0 Å². The molecule has 0 fully saturated rings. The maximum atomic E-state index is 11.6. The first-order valence-electron chi connectivity index (χ1n) is 5.05. The van der Waals surface area contributed by atoms with E-state index in [1.807, 2.05) is 0 Å². The minimum Gasteiger partial charge on any atom is -0.395 e. The molecule has 0 spiro atoms. The molecule has 0 unspecified atom stereocenters. The molecule has 1 aromatic rings. The highest BCUT2D eigenvalue weighted by molar-refractivity contribution is 8.00. The lowest BCUT2D eigenvalue weighted by Gasteiger charge is -2.12. The van der Waals surface area contributed by atoms with Gasteiger partial charge in [0.1, 0.15) is 0 Å². The molecule has 0 saturated carbocycles. The Kier molecular flexibility index (Phi) is 6.12. The van der Waals surface area contributed by atoms with Crippen LogP contribution in [0.2, 0.25) is 10.0 Å². The van der Waals surface area contributed by atoms with Crippen LogP contribution in [0, 0.1) is 0 Å². The van der Waals surface area contributed by atoms with Crippen LogP contribution >= 0.6 is 35.0 Å². The summed E-state index contributed by atoms with van der Waals surface area (Å²) in [6.45, 7) is 1.96. The summed E-state index contributed by atoms with van der Waals surface area (Å²) >= 11 is 13.2. The molecule has 0 saturated heterocycles. The van der Waals surface area contributed by atoms with Crippen molar-refractivity contribution in [1.29, 1.82) is 0 Å². The normalized spacial score (nSPS) is 12.2. The van der Waals surface area contributed by atoms with Gasteiger partial charge in [0.25, 0.3) is 0 Å². The predicted molar refractivity (Wildman–Crippen MR) is 71.9 cm³/mol. The van der Waals surface area contributed by atoms with Crippen molar-refractivity contribution >= 4 is 40.9 Å². The van der Waals surface area contributed by atoms with Gasteiger partial charge >= 0.3 is 0 Å². The summed E-state index contributed by atoms with van der Waals surface area (Å²) < 4.78 is 0. The van der Waals surface area contributed by atoms with Gasteiger partial charge in [-0.25, -0.2) is 0 Å². The molecule has 0 radical (unpaired) electrons. The summed E-state index contributed by atoms with van der Waals surface area (Å²) in [4.78, 5) is 12.4. The van der Waals surface area contributed by atoms with Gasteiger partial charge in [0, 0.05) is 16.5 Å². The van der Waals surface area contributed by atoms with E-state index < -0.39 is 0 Å². The van der Waals surface area contributed by atoms with Gasteiger partial charge in [-0.1, -0.05) is 23.2 Å². The van der Waals surface area contributed by atoms with Crippen LogP contribution in [-0.4, -0.2) is 29.4 Å². The average Bonchev–Trinajstić information content (AvgIpc) is 2.30. The van der Waals surface area contributed by atoms with Gasteiger partial charge in [0.05, 0.1) is 16.9 Å². The van der Waals surface area contributed by atoms with Gasteiger partial charge in [0.15, 0.2) is 0 Å². The third kappa shape index (κ3) is 4.76. The third-order valence-corrected chi connectivity index (χ3v) is 3.81. The van der Waals surface area contributed by atoms with Crippen LogP contribution in [0.4, 0.5) is 0 Å². The van der Waals surface area contributed by atoms with Crippen LogP contribution in [-0.2, 0) is 4.79 Å². The molecule has 94 valence electrons. The van der Waals surface area contributed by atoms with Crippen molar-refractivity contribution < 1.29 is 9.90 Å². The van der Waals surface area contributed by atoms with Gasteiger partial charge in [-0.05, 0) is 25.1 Å². The summed E-state index contributed by atoms with van der Waals surface area (Å²) in [6, 6.07) is 5.12. The topological polar surface area (TPSA) is 49.3 Å². The summed E-state index contributed by atoms with van der Waals surface area (Å²) in [6.07, 6.45) is 0. The predicted octanol–water partition coefficient (Wildman–Crippen LogP) is 2.58. The SMILES string of the molecule is C[C@H](Sc1cc(Cl)ccc1Cl)C(=O)NCCO. The fourth-order valence-electron chi connectivity index (χ4n) is 1.13. The Labute approximate surface area is 114 Å². The van der Waals surface area contributed by atoms with Crippen molar-refractivity contribution in [2.45, 2.75) is 17.1 Å².